The minimum atomic E-state index is -0.509. The molecule has 0 unspecified atom stereocenters. The highest BCUT2D eigenvalue weighted by molar-refractivity contribution is 6.33. The van der Waals surface area contributed by atoms with Crippen molar-refractivity contribution in [1.29, 1.82) is 0 Å². The molecular weight excluding hydrogens is 242 g/mol. The Balaban J connectivity index is 2.90. The first-order valence-electron chi connectivity index (χ1n) is 4.98. The maximum absolute atomic E-state index is 11.8. The molecular formula is C12H10ClNO3. The van der Waals surface area contributed by atoms with Gasteiger partial charge < -0.3 is 9.30 Å². The number of hydrogen-bond donors (Lipinski definition) is 0. The summed E-state index contributed by atoms with van der Waals surface area (Å²) in [6.07, 6.45) is 0. The van der Waals surface area contributed by atoms with Gasteiger partial charge in [-0.15, -0.1) is 0 Å². The van der Waals surface area contributed by atoms with Gasteiger partial charge in [0.2, 0.25) is 0 Å². The zero-order chi connectivity index (χ0) is 12.6. The molecule has 0 N–H and O–H groups in total. The number of ether oxygens (including phenoxy) is 1. The first-order valence-corrected chi connectivity index (χ1v) is 5.36. The van der Waals surface area contributed by atoms with Crippen LogP contribution in [0.2, 0.25) is 5.02 Å². The lowest BCUT2D eigenvalue weighted by Gasteiger charge is -2.11. The molecule has 0 bridgehead atoms. The summed E-state index contributed by atoms with van der Waals surface area (Å²) in [6, 6.07) is 7.10. The van der Waals surface area contributed by atoms with Crippen LogP contribution in [0.3, 0.4) is 0 Å². The van der Waals surface area contributed by atoms with Gasteiger partial charge in [-0.2, -0.15) is 0 Å². The van der Waals surface area contributed by atoms with Crippen molar-refractivity contribution < 1.29 is 9.53 Å². The van der Waals surface area contributed by atoms with E-state index in [9.17, 15) is 9.59 Å². The Labute approximate surface area is 102 Å². The second kappa shape index (κ2) is 4.22. The molecule has 88 valence electrons. The van der Waals surface area contributed by atoms with Crippen molar-refractivity contribution in [3.05, 3.63) is 39.6 Å². The van der Waals surface area contributed by atoms with Crippen LogP contribution in [0.25, 0.3) is 10.9 Å². The quantitative estimate of drug-likeness (QED) is 0.730. The maximum atomic E-state index is 11.8. The van der Waals surface area contributed by atoms with Crippen molar-refractivity contribution in [3.8, 4) is 5.75 Å². The standard InChI is InChI=1S/C12H10ClNO3/c1-7(15)17-11-8-5-3-4-6-9(8)14(2)12(16)10(11)13/h3-6H,1-2H3. The third kappa shape index (κ3) is 1.91. The molecule has 0 atom stereocenters. The van der Waals surface area contributed by atoms with Crippen molar-refractivity contribution in [2.75, 3.05) is 0 Å². The topological polar surface area (TPSA) is 48.3 Å². The van der Waals surface area contributed by atoms with Crippen molar-refractivity contribution >= 4 is 28.5 Å². The van der Waals surface area contributed by atoms with E-state index < -0.39 is 5.97 Å². The number of aromatic nitrogens is 1. The average molecular weight is 252 g/mol. The molecule has 4 nitrogen and oxygen atoms in total. The van der Waals surface area contributed by atoms with E-state index >= 15 is 0 Å². The van der Waals surface area contributed by atoms with E-state index in [1.165, 1.54) is 11.5 Å². The molecule has 0 fully saturated rings. The van der Waals surface area contributed by atoms with Gasteiger partial charge in [0.05, 0.1) is 5.52 Å². The molecule has 17 heavy (non-hydrogen) atoms. The Morgan fingerprint density at radius 1 is 1.35 bits per heavy atom. The fourth-order valence-electron chi connectivity index (χ4n) is 1.67. The Bertz CT molecular complexity index is 661. The van der Waals surface area contributed by atoms with E-state index in [1.807, 2.05) is 0 Å². The smallest absolute Gasteiger partial charge is 0.308 e. The lowest BCUT2D eigenvalue weighted by Crippen LogP contribution is -2.19. The third-order valence-corrected chi connectivity index (χ3v) is 2.78. The summed E-state index contributed by atoms with van der Waals surface area (Å²) in [5, 5.41) is 0.552. The predicted molar refractivity (Wildman–Crippen MR) is 65.5 cm³/mol. The Hall–Kier alpha value is -1.81. The number of nitrogens with zero attached hydrogens (tertiary/aromatic N) is 1. The molecule has 0 aliphatic rings. The number of carbonyl (C=O) groups excluding carboxylic acids is 1. The van der Waals surface area contributed by atoms with E-state index in [2.05, 4.69) is 0 Å². The summed E-state index contributed by atoms with van der Waals surface area (Å²) in [7, 11) is 1.62. The number of rotatable bonds is 1. The normalized spacial score (nSPS) is 10.5. The molecule has 0 radical (unpaired) electrons. The van der Waals surface area contributed by atoms with Gasteiger partial charge in [-0.05, 0) is 12.1 Å². The van der Waals surface area contributed by atoms with Crippen LogP contribution in [0.4, 0.5) is 0 Å². The number of esters is 1. The molecule has 0 saturated carbocycles. The second-order valence-corrected chi connectivity index (χ2v) is 4.00. The molecule has 1 heterocycles. The summed E-state index contributed by atoms with van der Waals surface area (Å²) < 4.78 is 6.43. The van der Waals surface area contributed by atoms with Crippen molar-refractivity contribution in [1.82, 2.24) is 4.57 Å². The molecule has 0 spiro atoms. The van der Waals surface area contributed by atoms with Gasteiger partial charge in [0.25, 0.3) is 5.56 Å². The number of pyridine rings is 1. The van der Waals surface area contributed by atoms with Crippen LogP contribution in [0.15, 0.2) is 29.1 Å². The third-order valence-electron chi connectivity index (χ3n) is 2.45. The molecule has 2 rings (SSSR count). The Morgan fingerprint density at radius 2 is 2.00 bits per heavy atom. The number of aryl methyl sites for hydroxylation is 1. The molecule has 2 aromatic rings. The van der Waals surface area contributed by atoms with Crippen LogP contribution >= 0.6 is 11.6 Å². The van der Waals surface area contributed by atoms with E-state index in [4.69, 9.17) is 16.3 Å². The molecule has 0 amide bonds. The first-order chi connectivity index (χ1) is 8.02. The van der Waals surface area contributed by atoms with Gasteiger partial charge in [0, 0.05) is 19.4 Å². The number of para-hydroxylation sites is 1. The highest BCUT2D eigenvalue weighted by Gasteiger charge is 2.15. The molecule has 5 heteroatoms. The highest BCUT2D eigenvalue weighted by Crippen LogP contribution is 2.30. The van der Waals surface area contributed by atoms with Crippen molar-refractivity contribution in [2.24, 2.45) is 7.05 Å². The monoisotopic (exact) mass is 251 g/mol. The summed E-state index contributed by atoms with van der Waals surface area (Å²) in [5.41, 5.74) is 0.278. The van der Waals surface area contributed by atoms with Crippen molar-refractivity contribution in [3.63, 3.8) is 0 Å². The van der Waals surface area contributed by atoms with E-state index in [-0.39, 0.29) is 16.3 Å². The lowest BCUT2D eigenvalue weighted by molar-refractivity contribution is -0.131. The average Bonchev–Trinajstić information content (AvgIpc) is 2.31. The number of hydrogen-bond acceptors (Lipinski definition) is 3. The molecule has 0 aliphatic carbocycles. The summed E-state index contributed by atoms with van der Waals surface area (Å²) in [5.74, 6) is -0.386. The van der Waals surface area contributed by atoms with Crippen LogP contribution in [0, 0.1) is 0 Å². The minimum Gasteiger partial charge on any atom is -0.424 e. The predicted octanol–water partition coefficient (Wildman–Crippen LogP) is 2.12. The zero-order valence-corrected chi connectivity index (χ0v) is 10.1. The fraction of sp³-hybridized carbons (Fsp3) is 0.167. The number of halogens is 1. The zero-order valence-electron chi connectivity index (χ0n) is 9.36. The molecule has 0 saturated heterocycles. The Kier molecular flexibility index (Phi) is 2.90. The highest BCUT2D eigenvalue weighted by atomic mass is 35.5. The Morgan fingerprint density at radius 3 is 2.65 bits per heavy atom. The van der Waals surface area contributed by atoms with E-state index in [0.717, 1.165) is 0 Å². The van der Waals surface area contributed by atoms with Crippen LogP contribution in [0.5, 0.6) is 5.75 Å². The first kappa shape index (κ1) is 11.7. The van der Waals surface area contributed by atoms with Crippen LogP contribution in [-0.2, 0) is 11.8 Å². The summed E-state index contributed by atoms with van der Waals surface area (Å²) in [4.78, 5) is 22.8. The summed E-state index contributed by atoms with van der Waals surface area (Å²) in [6.45, 7) is 1.27. The van der Waals surface area contributed by atoms with Gasteiger partial charge >= 0.3 is 5.97 Å². The molecule has 1 aromatic carbocycles. The second-order valence-electron chi connectivity index (χ2n) is 3.62. The van der Waals surface area contributed by atoms with Crippen LogP contribution in [-0.4, -0.2) is 10.5 Å². The SMILES string of the molecule is CC(=O)Oc1c(Cl)c(=O)n(C)c2ccccc12. The van der Waals surface area contributed by atoms with Gasteiger partial charge in [-0.1, -0.05) is 23.7 Å². The number of carbonyl (C=O) groups is 1. The van der Waals surface area contributed by atoms with Gasteiger partial charge in [0.1, 0.15) is 5.02 Å². The van der Waals surface area contributed by atoms with E-state index in [1.54, 1.807) is 31.3 Å². The molecule has 1 aromatic heterocycles. The largest absolute Gasteiger partial charge is 0.424 e. The van der Waals surface area contributed by atoms with Gasteiger partial charge in [-0.25, -0.2) is 0 Å². The van der Waals surface area contributed by atoms with Gasteiger partial charge in [-0.3, -0.25) is 9.59 Å². The minimum absolute atomic E-state index is 0.0820. The number of fused-ring (bicyclic) bond motifs is 1. The lowest BCUT2D eigenvalue weighted by atomic mass is 10.2. The van der Waals surface area contributed by atoms with Crippen LogP contribution < -0.4 is 10.3 Å². The maximum Gasteiger partial charge on any atom is 0.308 e. The van der Waals surface area contributed by atoms with E-state index in [0.29, 0.717) is 10.9 Å². The van der Waals surface area contributed by atoms with Gasteiger partial charge in [0.15, 0.2) is 5.75 Å². The van der Waals surface area contributed by atoms with Crippen molar-refractivity contribution in [2.45, 2.75) is 6.92 Å². The van der Waals surface area contributed by atoms with Crippen LogP contribution in [0.1, 0.15) is 6.92 Å². The fourth-order valence-corrected chi connectivity index (χ4v) is 1.94. The molecule has 0 aliphatic heterocycles. The summed E-state index contributed by atoms with van der Waals surface area (Å²) >= 11 is 5.91. The number of benzene rings is 1.